The second-order valence-corrected chi connectivity index (χ2v) is 2.58. The molecule has 0 fully saturated rings. The van der Waals surface area contributed by atoms with Gasteiger partial charge in [-0.1, -0.05) is 12.1 Å². The summed E-state index contributed by atoms with van der Waals surface area (Å²) in [4.78, 5) is 37.2. The van der Waals surface area contributed by atoms with Crippen LogP contribution < -0.4 is 0 Å². The minimum absolute atomic E-state index is 0.0351. The minimum Gasteiger partial charge on any atom is -0.478 e. The Labute approximate surface area is 90.1 Å². The summed E-state index contributed by atoms with van der Waals surface area (Å²) in [6.45, 7) is -0.346. The van der Waals surface area contributed by atoms with Crippen LogP contribution in [-0.4, -0.2) is 28.6 Å². The van der Waals surface area contributed by atoms with Crippen molar-refractivity contribution >= 4 is 18.4 Å². The summed E-state index contributed by atoms with van der Waals surface area (Å²) in [6.07, 6.45) is 0.813. The third kappa shape index (κ3) is 3.83. The van der Waals surface area contributed by atoms with E-state index in [4.69, 9.17) is 19.8 Å². The lowest BCUT2D eigenvalue weighted by Gasteiger charge is -2.02. The molecule has 0 saturated heterocycles. The summed E-state index contributed by atoms with van der Waals surface area (Å²) in [5, 5.41) is 17.5. The predicted octanol–water partition coefficient (Wildman–Crippen LogP) is 0.106. The molecule has 0 atom stereocenters. The fourth-order valence-electron chi connectivity index (χ4n) is 1.00. The fourth-order valence-corrected chi connectivity index (χ4v) is 1.00. The largest absolute Gasteiger partial charge is 0.478 e. The zero-order chi connectivity index (χ0) is 12.6. The number of aliphatic hydroxyl groups excluding tert-OH is 1. The first-order valence-electron chi connectivity index (χ1n) is 4.02. The van der Waals surface area contributed by atoms with Crippen LogP contribution >= 0.6 is 0 Å². The van der Waals surface area contributed by atoms with Crippen LogP contribution in [0.4, 0.5) is 0 Å². The highest BCUT2D eigenvalue weighted by Gasteiger charge is 2.09. The highest BCUT2D eigenvalue weighted by Crippen LogP contribution is 2.11. The Morgan fingerprint density at radius 3 is 2.31 bits per heavy atom. The molecular formula is C10H8O6. The molecule has 1 aromatic rings. The number of hydrogen-bond acceptors (Lipinski definition) is 5. The SMILES string of the molecule is O=C=O.O=Cc1ccc(CO)c(C(=O)O)c1. The van der Waals surface area contributed by atoms with Crippen molar-refractivity contribution in [1.29, 1.82) is 0 Å². The first-order chi connectivity index (χ1) is 7.60. The maximum Gasteiger partial charge on any atom is 0.373 e. The van der Waals surface area contributed by atoms with E-state index in [2.05, 4.69) is 0 Å². The summed E-state index contributed by atoms with van der Waals surface area (Å²) < 4.78 is 0. The zero-order valence-electron chi connectivity index (χ0n) is 8.04. The van der Waals surface area contributed by atoms with Crippen LogP contribution in [0.3, 0.4) is 0 Å². The Bertz CT molecular complexity index is 417. The number of aromatic carboxylic acids is 1. The van der Waals surface area contributed by atoms with Gasteiger partial charge in [0.25, 0.3) is 0 Å². The molecule has 0 saturated carbocycles. The van der Waals surface area contributed by atoms with E-state index < -0.39 is 5.97 Å². The first kappa shape index (κ1) is 13.7. The van der Waals surface area contributed by atoms with Gasteiger partial charge in [-0.15, -0.1) is 0 Å². The van der Waals surface area contributed by atoms with Crippen LogP contribution in [-0.2, 0) is 16.2 Å². The zero-order valence-corrected chi connectivity index (χ0v) is 8.04. The maximum atomic E-state index is 10.6. The van der Waals surface area contributed by atoms with Crippen LogP contribution in [0.2, 0.25) is 0 Å². The summed E-state index contributed by atoms with van der Waals surface area (Å²) in [5.74, 6) is -1.15. The van der Waals surface area contributed by atoms with Crippen LogP contribution in [0.5, 0.6) is 0 Å². The van der Waals surface area contributed by atoms with Gasteiger partial charge in [0.05, 0.1) is 12.2 Å². The quantitative estimate of drug-likeness (QED) is 0.705. The van der Waals surface area contributed by atoms with E-state index in [1.54, 1.807) is 0 Å². The lowest BCUT2D eigenvalue weighted by molar-refractivity contribution is -0.191. The molecule has 0 unspecified atom stereocenters. The third-order valence-corrected chi connectivity index (χ3v) is 1.67. The standard InChI is InChI=1S/C9H8O4.CO2/c10-4-6-1-2-7(5-11)8(3-6)9(12)13;2-1-3/h1-4,11H,5H2,(H,12,13);. The van der Waals surface area contributed by atoms with Crippen molar-refractivity contribution in [2.75, 3.05) is 0 Å². The Hall–Kier alpha value is -2.30. The molecule has 0 bridgehead atoms. The molecule has 0 radical (unpaired) electrons. The van der Waals surface area contributed by atoms with Crippen molar-refractivity contribution in [3.8, 4) is 0 Å². The molecule has 16 heavy (non-hydrogen) atoms. The molecule has 0 amide bonds. The van der Waals surface area contributed by atoms with E-state index in [1.165, 1.54) is 18.2 Å². The van der Waals surface area contributed by atoms with Gasteiger partial charge < -0.3 is 10.2 Å². The van der Waals surface area contributed by atoms with Gasteiger partial charge in [0.15, 0.2) is 0 Å². The average Bonchev–Trinajstić information content (AvgIpc) is 2.29. The van der Waals surface area contributed by atoms with E-state index in [0.717, 1.165) is 0 Å². The smallest absolute Gasteiger partial charge is 0.373 e. The maximum absolute atomic E-state index is 10.6. The van der Waals surface area contributed by atoms with Crippen LogP contribution in [0.25, 0.3) is 0 Å². The molecule has 2 N–H and O–H groups in total. The molecule has 1 rings (SSSR count). The topological polar surface area (TPSA) is 109 Å². The molecule has 0 aliphatic heterocycles. The Kier molecular flexibility index (Phi) is 6.04. The normalized spacial score (nSPS) is 8.31. The summed E-state index contributed by atoms with van der Waals surface area (Å²) in [6, 6.07) is 4.12. The Morgan fingerprint density at radius 2 is 1.94 bits per heavy atom. The number of aldehydes is 1. The summed E-state index contributed by atoms with van der Waals surface area (Å²) in [5.41, 5.74) is 0.555. The molecule has 0 spiro atoms. The lowest BCUT2D eigenvalue weighted by atomic mass is 10.1. The van der Waals surface area contributed by atoms with Gasteiger partial charge in [0.1, 0.15) is 6.29 Å². The van der Waals surface area contributed by atoms with Crippen molar-refractivity contribution in [3.05, 3.63) is 34.9 Å². The van der Waals surface area contributed by atoms with Crippen LogP contribution in [0.15, 0.2) is 18.2 Å². The van der Waals surface area contributed by atoms with Gasteiger partial charge in [-0.25, -0.2) is 4.79 Å². The van der Waals surface area contributed by atoms with Crippen LogP contribution in [0.1, 0.15) is 26.3 Å². The van der Waals surface area contributed by atoms with E-state index in [0.29, 0.717) is 11.8 Å². The van der Waals surface area contributed by atoms with E-state index >= 15 is 0 Å². The molecule has 0 aliphatic rings. The second-order valence-electron chi connectivity index (χ2n) is 2.58. The third-order valence-electron chi connectivity index (χ3n) is 1.67. The highest BCUT2D eigenvalue weighted by molar-refractivity contribution is 5.91. The van der Waals surface area contributed by atoms with Gasteiger partial charge in [-0.2, -0.15) is 9.59 Å². The van der Waals surface area contributed by atoms with Gasteiger partial charge in [-0.3, -0.25) is 4.79 Å². The number of carboxylic acids is 1. The minimum atomic E-state index is -1.15. The molecule has 6 heteroatoms. The van der Waals surface area contributed by atoms with Crippen molar-refractivity contribution in [1.82, 2.24) is 0 Å². The molecule has 84 valence electrons. The van der Waals surface area contributed by atoms with Crippen molar-refractivity contribution in [2.24, 2.45) is 0 Å². The van der Waals surface area contributed by atoms with Gasteiger partial charge in [0, 0.05) is 5.56 Å². The molecule has 0 aliphatic carbocycles. The number of rotatable bonds is 3. The van der Waals surface area contributed by atoms with Crippen molar-refractivity contribution in [2.45, 2.75) is 6.61 Å². The number of carbonyl (C=O) groups is 2. The summed E-state index contributed by atoms with van der Waals surface area (Å²) >= 11 is 0. The summed E-state index contributed by atoms with van der Waals surface area (Å²) in [7, 11) is 0. The number of carboxylic acid groups (broad SMARTS) is 1. The van der Waals surface area contributed by atoms with Crippen LogP contribution in [0, 0.1) is 0 Å². The first-order valence-corrected chi connectivity index (χ1v) is 4.02. The molecule has 0 aromatic heterocycles. The molecule has 6 nitrogen and oxygen atoms in total. The molecular weight excluding hydrogens is 216 g/mol. The fraction of sp³-hybridized carbons (Fsp3) is 0.100. The lowest BCUT2D eigenvalue weighted by Crippen LogP contribution is -2.03. The number of benzene rings is 1. The number of carbonyl (C=O) groups excluding carboxylic acids is 3. The Balaban J connectivity index is 0.000000673. The molecule has 0 heterocycles. The highest BCUT2D eigenvalue weighted by atomic mass is 16.4. The Morgan fingerprint density at radius 1 is 1.38 bits per heavy atom. The second kappa shape index (κ2) is 7.05. The number of hydrogen-bond donors (Lipinski definition) is 2. The van der Waals surface area contributed by atoms with Gasteiger partial charge in [-0.05, 0) is 11.6 Å². The molecule has 1 aromatic carbocycles. The van der Waals surface area contributed by atoms with Gasteiger partial charge >= 0.3 is 12.1 Å². The monoisotopic (exact) mass is 224 g/mol. The van der Waals surface area contributed by atoms with Gasteiger partial charge in [0.2, 0.25) is 0 Å². The van der Waals surface area contributed by atoms with Crippen molar-refractivity contribution < 1.29 is 29.4 Å². The van der Waals surface area contributed by atoms with E-state index in [1.807, 2.05) is 0 Å². The van der Waals surface area contributed by atoms with Crippen molar-refractivity contribution in [3.63, 3.8) is 0 Å². The van der Waals surface area contributed by atoms with E-state index in [-0.39, 0.29) is 23.9 Å². The average molecular weight is 224 g/mol. The van der Waals surface area contributed by atoms with E-state index in [9.17, 15) is 9.59 Å². The number of aliphatic hydroxyl groups is 1. The predicted molar refractivity (Wildman–Crippen MR) is 49.7 cm³/mol.